The molecule has 36 heavy (non-hydrogen) atoms. The van der Waals surface area contributed by atoms with E-state index in [4.69, 9.17) is 18.8 Å². The number of halogens is 1. The van der Waals surface area contributed by atoms with Crippen molar-refractivity contribution in [2.45, 2.75) is 44.0 Å². The largest absolute Gasteiger partial charge is 0.303 e. The standard InChI is InChI=1S/C25H23FN4O3S3/c1-15-10-11-35-22(15)36(32,33)28-14-17-6-7-19(13-20(17)26)30-24(34)29(23(31)25(30,3)4)18-8-9-21(27-5)16(2)12-18/h6-13,28H,14H2,1-4H3. The predicted molar refractivity (Wildman–Crippen MR) is 144 cm³/mol. The molecule has 1 aromatic heterocycles. The van der Waals surface area contributed by atoms with Crippen LogP contribution in [0.15, 0.2) is 52.1 Å². The zero-order chi connectivity index (χ0) is 26.4. The number of hydrogen-bond acceptors (Lipinski definition) is 5. The van der Waals surface area contributed by atoms with Crippen LogP contribution in [-0.4, -0.2) is 25.0 Å². The summed E-state index contributed by atoms with van der Waals surface area (Å²) < 4.78 is 42.9. The second kappa shape index (κ2) is 9.37. The molecule has 0 saturated carbocycles. The van der Waals surface area contributed by atoms with E-state index < -0.39 is 21.4 Å². The number of nitrogens with one attached hydrogen (secondary N) is 1. The second-order valence-electron chi connectivity index (χ2n) is 8.89. The van der Waals surface area contributed by atoms with E-state index in [2.05, 4.69) is 9.57 Å². The fourth-order valence-corrected chi connectivity index (χ4v) is 7.04. The van der Waals surface area contributed by atoms with E-state index in [0.29, 0.717) is 28.2 Å². The van der Waals surface area contributed by atoms with E-state index >= 15 is 4.39 Å². The summed E-state index contributed by atoms with van der Waals surface area (Å²) in [5, 5.41) is 1.87. The van der Waals surface area contributed by atoms with E-state index in [9.17, 15) is 13.2 Å². The summed E-state index contributed by atoms with van der Waals surface area (Å²) >= 11 is 6.75. The number of carbonyl (C=O) groups is 1. The van der Waals surface area contributed by atoms with E-state index in [1.807, 2.05) is 0 Å². The first-order valence-electron chi connectivity index (χ1n) is 10.9. The van der Waals surface area contributed by atoms with E-state index in [1.165, 1.54) is 17.0 Å². The van der Waals surface area contributed by atoms with Crippen LogP contribution in [-0.2, 0) is 21.4 Å². The lowest BCUT2D eigenvalue weighted by Gasteiger charge is -2.29. The van der Waals surface area contributed by atoms with Crippen molar-refractivity contribution in [1.29, 1.82) is 0 Å². The van der Waals surface area contributed by atoms with Gasteiger partial charge in [0.05, 0.1) is 6.57 Å². The van der Waals surface area contributed by atoms with Crippen LogP contribution in [0.25, 0.3) is 4.85 Å². The van der Waals surface area contributed by atoms with Gasteiger partial charge < -0.3 is 4.90 Å². The van der Waals surface area contributed by atoms with Crippen molar-refractivity contribution in [2.75, 3.05) is 9.80 Å². The van der Waals surface area contributed by atoms with Gasteiger partial charge in [0, 0.05) is 23.5 Å². The van der Waals surface area contributed by atoms with Crippen molar-refractivity contribution in [2.24, 2.45) is 0 Å². The van der Waals surface area contributed by atoms with Crippen molar-refractivity contribution in [3.05, 3.63) is 81.8 Å². The van der Waals surface area contributed by atoms with Crippen molar-refractivity contribution in [3.8, 4) is 0 Å². The zero-order valence-electron chi connectivity index (χ0n) is 20.0. The minimum absolute atomic E-state index is 0.160. The molecule has 1 N–H and O–H groups in total. The summed E-state index contributed by atoms with van der Waals surface area (Å²) in [5.74, 6) is -0.911. The Morgan fingerprint density at radius 1 is 1.11 bits per heavy atom. The monoisotopic (exact) mass is 542 g/mol. The van der Waals surface area contributed by atoms with Crippen LogP contribution in [0.4, 0.5) is 21.5 Å². The molecule has 1 amide bonds. The van der Waals surface area contributed by atoms with Crippen LogP contribution >= 0.6 is 23.6 Å². The summed E-state index contributed by atoms with van der Waals surface area (Å²) in [6, 6.07) is 11.1. The predicted octanol–water partition coefficient (Wildman–Crippen LogP) is 5.45. The lowest BCUT2D eigenvalue weighted by Crippen LogP contribution is -2.44. The molecular formula is C25H23FN4O3S3. The van der Waals surface area contributed by atoms with Crippen molar-refractivity contribution in [3.63, 3.8) is 0 Å². The Balaban J connectivity index is 1.61. The zero-order valence-corrected chi connectivity index (χ0v) is 22.4. The highest BCUT2D eigenvalue weighted by Crippen LogP contribution is 2.38. The Morgan fingerprint density at radius 2 is 1.81 bits per heavy atom. The van der Waals surface area contributed by atoms with Crippen molar-refractivity contribution < 1.29 is 17.6 Å². The average molecular weight is 543 g/mol. The number of nitrogens with zero attached hydrogens (tertiary/aromatic N) is 3. The maximum atomic E-state index is 15.1. The van der Waals surface area contributed by atoms with Crippen molar-refractivity contribution in [1.82, 2.24) is 4.72 Å². The Labute approximate surface area is 219 Å². The number of thiocarbonyl (C=S) groups is 1. The van der Waals surface area contributed by atoms with Crippen LogP contribution < -0.4 is 14.5 Å². The number of carbonyl (C=O) groups excluding carboxylic acids is 1. The van der Waals surface area contributed by atoms with Gasteiger partial charge in [0.25, 0.3) is 15.9 Å². The van der Waals surface area contributed by atoms with Crippen LogP contribution in [0, 0.1) is 26.2 Å². The number of thiophene rings is 1. The van der Waals surface area contributed by atoms with Crippen LogP contribution in [0.2, 0.25) is 0 Å². The van der Waals surface area contributed by atoms with Crippen LogP contribution in [0.1, 0.15) is 30.5 Å². The van der Waals surface area contributed by atoms with Gasteiger partial charge in [-0.05, 0) is 86.8 Å². The molecular weight excluding hydrogens is 519 g/mol. The Bertz CT molecular complexity index is 1540. The van der Waals surface area contributed by atoms with Gasteiger partial charge in [0.15, 0.2) is 10.8 Å². The molecule has 7 nitrogen and oxygen atoms in total. The van der Waals surface area contributed by atoms with Gasteiger partial charge in [0.2, 0.25) is 0 Å². The number of rotatable bonds is 6. The molecule has 2 aromatic carbocycles. The molecule has 0 radical (unpaired) electrons. The van der Waals surface area contributed by atoms with E-state index in [1.54, 1.807) is 68.3 Å². The fourth-order valence-electron chi connectivity index (χ4n) is 4.05. The van der Waals surface area contributed by atoms with Gasteiger partial charge in [-0.1, -0.05) is 12.1 Å². The first-order valence-corrected chi connectivity index (χ1v) is 13.6. The van der Waals surface area contributed by atoms with Gasteiger partial charge >= 0.3 is 0 Å². The highest BCUT2D eigenvalue weighted by Gasteiger charge is 2.50. The fraction of sp³-hybridized carbons (Fsp3) is 0.240. The molecule has 1 aliphatic heterocycles. The molecule has 4 rings (SSSR count). The quantitative estimate of drug-likeness (QED) is 0.331. The minimum atomic E-state index is -3.77. The average Bonchev–Trinajstić information content (AvgIpc) is 3.32. The van der Waals surface area contributed by atoms with Gasteiger partial charge in [-0.3, -0.25) is 9.69 Å². The summed E-state index contributed by atoms with van der Waals surface area (Å²) in [6.45, 7) is 13.9. The van der Waals surface area contributed by atoms with Gasteiger partial charge in [-0.2, -0.15) is 0 Å². The molecule has 2 heterocycles. The molecule has 0 atom stereocenters. The molecule has 1 saturated heterocycles. The Morgan fingerprint density at radius 3 is 2.39 bits per heavy atom. The summed E-state index contributed by atoms with van der Waals surface area (Å²) in [7, 11) is -3.77. The SMILES string of the molecule is [C-]#[N+]c1ccc(N2C(=O)C(C)(C)N(c3ccc(CNS(=O)(=O)c4sccc4C)c(F)c3)C2=S)cc1C. The highest BCUT2D eigenvalue weighted by atomic mass is 32.2. The molecule has 0 aliphatic carbocycles. The summed E-state index contributed by atoms with van der Waals surface area (Å²) in [5.41, 5.74) is 1.78. The maximum absolute atomic E-state index is 15.1. The highest BCUT2D eigenvalue weighted by molar-refractivity contribution is 7.91. The van der Waals surface area contributed by atoms with E-state index in [-0.39, 0.29) is 27.3 Å². The Kier molecular flexibility index (Phi) is 6.74. The van der Waals surface area contributed by atoms with Crippen LogP contribution in [0.3, 0.4) is 0 Å². The normalized spacial score (nSPS) is 15.4. The van der Waals surface area contributed by atoms with Gasteiger partial charge in [-0.15, -0.1) is 11.3 Å². The third kappa shape index (κ3) is 4.41. The molecule has 1 fully saturated rings. The first-order chi connectivity index (χ1) is 16.9. The molecule has 0 spiro atoms. The molecule has 3 aromatic rings. The van der Waals surface area contributed by atoms with Gasteiger partial charge in [0.1, 0.15) is 15.6 Å². The number of anilines is 2. The number of benzene rings is 2. The minimum Gasteiger partial charge on any atom is -0.303 e. The third-order valence-corrected chi connectivity index (χ3v) is 9.49. The first kappa shape index (κ1) is 25.9. The van der Waals surface area contributed by atoms with Crippen LogP contribution in [0.5, 0.6) is 0 Å². The van der Waals surface area contributed by atoms with Gasteiger partial charge in [-0.25, -0.2) is 22.4 Å². The maximum Gasteiger partial charge on any atom is 0.259 e. The summed E-state index contributed by atoms with van der Waals surface area (Å²) in [6.07, 6.45) is 0. The number of amides is 1. The topological polar surface area (TPSA) is 74.1 Å². The number of aryl methyl sites for hydroxylation is 2. The molecule has 11 heteroatoms. The Hall–Kier alpha value is -3.17. The molecule has 0 unspecified atom stereocenters. The third-order valence-electron chi connectivity index (χ3n) is 6.03. The molecule has 1 aliphatic rings. The lowest BCUT2D eigenvalue weighted by molar-refractivity contribution is -0.120. The number of sulfonamides is 1. The molecule has 0 bridgehead atoms. The lowest BCUT2D eigenvalue weighted by atomic mass is 10.0. The second-order valence-corrected chi connectivity index (χ2v) is 12.1. The smallest absolute Gasteiger partial charge is 0.259 e. The molecule has 186 valence electrons. The van der Waals surface area contributed by atoms with Crippen molar-refractivity contribution >= 4 is 61.7 Å². The van der Waals surface area contributed by atoms with E-state index in [0.717, 1.165) is 11.3 Å². The number of hydrogen-bond donors (Lipinski definition) is 1. The summed E-state index contributed by atoms with van der Waals surface area (Å²) in [4.78, 5) is 19.8.